The second kappa shape index (κ2) is 8.61. The number of rotatable bonds is 6. The van der Waals surface area contributed by atoms with E-state index in [9.17, 15) is 4.79 Å². The van der Waals surface area contributed by atoms with Gasteiger partial charge in [-0.25, -0.2) is 0 Å². The van der Waals surface area contributed by atoms with Gasteiger partial charge in [-0.3, -0.25) is 14.1 Å². The first kappa shape index (κ1) is 19.4. The fourth-order valence-electron chi connectivity index (χ4n) is 3.93. The molecule has 3 heterocycles. The first-order chi connectivity index (χ1) is 14.1. The number of carbonyl (C=O) groups is 1. The second-order valence-electron chi connectivity index (χ2n) is 7.64. The monoisotopic (exact) mass is 393 g/mol. The fraction of sp³-hybridized carbons (Fsp3) is 0.409. The summed E-state index contributed by atoms with van der Waals surface area (Å²) in [5, 5.41) is 8.67. The summed E-state index contributed by atoms with van der Waals surface area (Å²) in [6, 6.07) is 13.8. The summed E-state index contributed by atoms with van der Waals surface area (Å²) in [5.74, 6) is 2.36. The number of likely N-dealkylation sites (tertiary alicyclic amines) is 1. The van der Waals surface area contributed by atoms with Gasteiger partial charge in [-0.1, -0.05) is 18.2 Å². The molecule has 29 heavy (non-hydrogen) atoms. The summed E-state index contributed by atoms with van der Waals surface area (Å²) >= 11 is 0. The molecule has 152 valence electrons. The van der Waals surface area contributed by atoms with Crippen molar-refractivity contribution in [3.8, 4) is 5.75 Å². The molecule has 0 bridgehead atoms. The minimum absolute atomic E-state index is 0.138. The Morgan fingerprint density at radius 2 is 2.00 bits per heavy atom. The standard InChI is InChI=1S/C22H27N5O2/c1-25(15-17-6-5-7-19(14-17)29-2)21(28)16-26-12-9-18(10-13-26)22-24-23-20-8-3-4-11-27(20)22/h3-8,11,14,18H,9-10,12-13,15-16H2,1-2H3. The molecule has 1 amide bonds. The lowest BCUT2D eigenvalue weighted by atomic mass is 9.96. The molecule has 7 heteroatoms. The Morgan fingerprint density at radius 1 is 1.17 bits per heavy atom. The van der Waals surface area contributed by atoms with Crippen LogP contribution in [0.2, 0.25) is 0 Å². The van der Waals surface area contributed by atoms with Crippen LogP contribution in [-0.2, 0) is 11.3 Å². The number of pyridine rings is 1. The van der Waals surface area contributed by atoms with Crippen LogP contribution in [-0.4, -0.2) is 64.1 Å². The predicted octanol–water partition coefficient (Wildman–Crippen LogP) is 2.58. The van der Waals surface area contributed by atoms with Crippen molar-refractivity contribution in [2.45, 2.75) is 25.3 Å². The van der Waals surface area contributed by atoms with E-state index >= 15 is 0 Å². The van der Waals surface area contributed by atoms with Crippen LogP contribution >= 0.6 is 0 Å². The van der Waals surface area contributed by atoms with Gasteiger partial charge in [0.1, 0.15) is 11.6 Å². The van der Waals surface area contributed by atoms with E-state index in [-0.39, 0.29) is 5.91 Å². The molecule has 1 aliphatic rings. The Balaban J connectivity index is 1.30. The molecule has 1 aromatic carbocycles. The molecule has 1 fully saturated rings. The van der Waals surface area contributed by atoms with Crippen molar-refractivity contribution in [2.24, 2.45) is 0 Å². The zero-order valence-corrected chi connectivity index (χ0v) is 17.0. The molecule has 3 aromatic rings. The second-order valence-corrected chi connectivity index (χ2v) is 7.64. The van der Waals surface area contributed by atoms with Gasteiger partial charge in [0.2, 0.25) is 5.91 Å². The average molecular weight is 393 g/mol. The van der Waals surface area contributed by atoms with Crippen molar-refractivity contribution < 1.29 is 9.53 Å². The highest BCUT2D eigenvalue weighted by Crippen LogP contribution is 2.27. The molecule has 0 atom stereocenters. The van der Waals surface area contributed by atoms with Crippen LogP contribution in [0.5, 0.6) is 5.75 Å². The van der Waals surface area contributed by atoms with Crippen LogP contribution in [0.4, 0.5) is 0 Å². The maximum atomic E-state index is 12.7. The highest BCUT2D eigenvalue weighted by atomic mass is 16.5. The summed E-state index contributed by atoms with van der Waals surface area (Å²) in [6.45, 7) is 2.82. The summed E-state index contributed by atoms with van der Waals surface area (Å²) < 4.78 is 7.34. The van der Waals surface area contributed by atoms with Crippen molar-refractivity contribution in [2.75, 3.05) is 33.8 Å². The third-order valence-corrected chi connectivity index (χ3v) is 5.63. The molecule has 0 N–H and O–H groups in total. The van der Waals surface area contributed by atoms with Crippen LogP contribution in [0.1, 0.15) is 30.1 Å². The van der Waals surface area contributed by atoms with Gasteiger partial charge < -0.3 is 9.64 Å². The zero-order chi connectivity index (χ0) is 20.2. The van der Waals surface area contributed by atoms with E-state index in [1.54, 1.807) is 12.0 Å². The van der Waals surface area contributed by atoms with Crippen molar-refractivity contribution in [1.82, 2.24) is 24.4 Å². The SMILES string of the molecule is COc1cccc(CN(C)C(=O)CN2CCC(c3nnc4ccccn34)CC2)c1. The number of fused-ring (bicyclic) bond motifs is 1. The number of methoxy groups -OCH3 is 1. The van der Waals surface area contributed by atoms with E-state index in [0.29, 0.717) is 19.0 Å². The van der Waals surface area contributed by atoms with E-state index in [1.807, 2.05) is 55.7 Å². The van der Waals surface area contributed by atoms with Gasteiger partial charge in [0.25, 0.3) is 0 Å². The molecule has 1 saturated heterocycles. The van der Waals surface area contributed by atoms with E-state index in [0.717, 1.165) is 48.7 Å². The number of amides is 1. The van der Waals surface area contributed by atoms with Crippen molar-refractivity contribution in [3.63, 3.8) is 0 Å². The molecule has 0 spiro atoms. The molecule has 4 rings (SSSR count). The first-order valence-corrected chi connectivity index (χ1v) is 10.0. The molecular formula is C22H27N5O2. The van der Waals surface area contributed by atoms with Crippen molar-refractivity contribution in [1.29, 1.82) is 0 Å². The molecule has 0 saturated carbocycles. The van der Waals surface area contributed by atoms with E-state index in [2.05, 4.69) is 19.5 Å². The van der Waals surface area contributed by atoms with Gasteiger partial charge in [-0.05, 0) is 55.8 Å². The quantitative estimate of drug-likeness (QED) is 0.644. The fourth-order valence-corrected chi connectivity index (χ4v) is 3.93. The molecular weight excluding hydrogens is 366 g/mol. The van der Waals surface area contributed by atoms with E-state index < -0.39 is 0 Å². The van der Waals surface area contributed by atoms with Gasteiger partial charge in [-0.2, -0.15) is 0 Å². The van der Waals surface area contributed by atoms with Crippen LogP contribution in [0, 0.1) is 0 Å². The van der Waals surface area contributed by atoms with Crippen molar-refractivity contribution >= 4 is 11.6 Å². The third-order valence-electron chi connectivity index (χ3n) is 5.63. The number of hydrogen-bond acceptors (Lipinski definition) is 5. The Labute approximate surface area is 170 Å². The highest BCUT2D eigenvalue weighted by molar-refractivity contribution is 5.78. The third kappa shape index (κ3) is 4.40. The maximum Gasteiger partial charge on any atom is 0.236 e. The maximum absolute atomic E-state index is 12.7. The number of nitrogens with zero attached hydrogens (tertiary/aromatic N) is 5. The van der Waals surface area contributed by atoms with Crippen LogP contribution in [0.25, 0.3) is 5.65 Å². The number of benzene rings is 1. The minimum Gasteiger partial charge on any atom is -0.497 e. The van der Waals surface area contributed by atoms with Gasteiger partial charge in [0.15, 0.2) is 5.65 Å². The van der Waals surface area contributed by atoms with Gasteiger partial charge >= 0.3 is 0 Å². The summed E-state index contributed by atoms with van der Waals surface area (Å²) in [4.78, 5) is 16.7. The van der Waals surface area contributed by atoms with E-state index in [1.165, 1.54) is 0 Å². The Morgan fingerprint density at radius 3 is 2.79 bits per heavy atom. The average Bonchev–Trinajstić information content (AvgIpc) is 3.18. The van der Waals surface area contributed by atoms with Gasteiger partial charge in [0, 0.05) is 25.7 Å². The molecule has 7 nitrogen and oxygen atoms in total. The Hall–Kier alpha value is -2.93. The molecule has 0 unspecified atom stereocenters. The lowest BCUT2D eigenvalue weighted by molar-refractivity contribution is -0.131. The number of aromatic nitrogens is 3. The minimum atomic E-state index is 0.138. The number of carbonyl (C=O) groups excluding carboxylic acids is 1. The lowest BCUT2D eigenvalue weighted by Crippen LogP contribution is -2.41. The smallest absolute Gasteiger partial charge is 0.236 e. The predicted molar refractivity (Wildman–Crippen MR) is 111 cm³/mol. The molecule has 0 aliphatic carbocycles. The summed E-state index contributed by atoms with van der Waals surface area (Å²) in [7, 11) is 3.51. The number of ether oxygens (including phenoxy) is 1. The largest absolute Gasteiger partial charge is 0.497 e. The van der Waals surface area contributed by atoms with Crippen LogP contribution < -0.4 is 4.74 Å². The number of piperidine rings is 1. The normalized spacial score (nSPS) is 15.5. The molecule has 0 radical (unpaired) electrons. The lowest BCUT2D eigenvalue weighted by Gasteiger charge is -2.31. The van der Waals surface area contributed by atoms with Crippen LogP contribution in [0.15, 0.2) is 48.7 Å². The summed E-state index contributed by atoms with van der Waals surface area (Å²) in [5.41, 5.74) is 1.96. The summed E-state index contributed by atoms with van der Waals surface area (Å²) in [6.07, 6.45) is 4.00. The Kier molecular flexibility index (Phi) is 5.76. The van der Waals surface area contributed by atoms with Crippen LogP contribution in [0.3, 0.4) is 0 Å². The van der Waals surface area contributed by atoms with Crippen molar-refractivity contribution in [3.05, 3.63) is 60.0 Å². The number of likely N-dealkylation sites (N-methyl/N-ethyl adjacent to an activating group) is 1. The molecule has 2 aromatic heterocycles. The first-order valence-electron chi connectivity index (χ1n) is 10.0. The zero-order valence-electron chi connectivity index (χ0n) is 17.0. The molecule has 1 aliphatic heterocycles. The topological polar surface area (TPSA) is 63.0 Å². The number of hydrogen-bond donors (Lipinski definition) is 0. The van der Waals surface area contributed by atoms with E-state index in [4.69, 9.17) is 4.74 Å². The van der Waals surface area contributed by atoms with Gasteiger partial charge in [-0.15, -0.1) is 10.2 Å². The van der Waals surface area contributed by atoms with Gasteiger partial charge in [0.05, 0.1) is 13.7 Å². The Bertz CT molecular complexity index is 978. The highest BCUT2D eigenvalue weighted by Gasteiger charge is 2.26.